The van der Waals surface area contributed by atoms with Crippen molar-refractivity contribution in [3.8, 4) is 0 Å². The van der Waals surface area contributed by atoms with Crippen LogP contribution >= 0.6 is 12.2 Å². The zero-order valence-electron chi connectivity index (χ0n) is 11.3. The third-order valence-electron chi connectivity index (χ3n) is 3.32. The van der Waals surface area contributed by atoms with Gasteiger partial charge in [-0.15, -0.1) is 0 Å². The molecule has 1 aliphatic rings. The standard InChI is InChI=1S/C12H18N4O2S2/c1-20(17,18)16-7-5-15(6-8-16)9-10-3-2-4-14-11(10)12(13)19/h2-4H,5-9H2,1H3,(H2,13,19). The first kappa shape index (κ1) is 15.3. The summed E-state index contributed by atoms with van der Waals surface area (Å²) in [7, 11) is -3.09. The lowest BCUT2D eigenvalue weighted by Crippen LogP contribution is -2.48. The van der Waals surface area contributed by atoms with E-state index in [0.29, 0.717) is 38.4 Å². The molecule has 2 rings (SSSR count). The zero-order chi connectivity index (χ0) is 14.8. The quantitative estimate of drug-likeness (QED) is 0.775. The SMILES string of the molecule is CS(=O)(=O)N1CCN(Cc2cccnc2C(N)=S)CC1. The number of rotatable bonds is 4. The molecule has 0 atom stereocenters. The van der Waals surface area contributed by atoms with Crippen LogP contribution in [0, 0.1) is 0 Å². The van der Waals surface area contributed by atoms with Gasteiger partial charge in [0.15, 0.2) is 0 Å². The highest BCUT2D eigenvalue weighted by Gasteiger charge is 2.23. The Hall–Kier alpha value is -1.09. The van der Waals surface area contributed by atoms with Gasteiger partial charge in [-0.3, -0.25) is 9.88 Å². The van der Waals surface area contributed by atoms with Gasteiger partial charge < -0.3 is 5.73 Å². The van der Waals surface area contributed by atoms with Gasteiger partial charge in [-0.25, -0.2) is 8.42 Å². The van der Waals surface area contributed by atoms with Crippen LogP contribution < -0.4 is 5.73 Å². The molecule has 0 aromatic carbocycles. The van der Waals surface area contributed by atoms with Crippen molar-refractivity contribution in [1.82, 2.24) is 14.2 Å². The highest BCUT2D eigenvalue weighted by molar-refractivity contribution is 7.88. The van der Waals surface area contributed by atoms with Gasteiger partial charge in [0.2, 0.25) is 10.0 Å². The molecule has 0 saturated carbocycles. The van der Waals surface area contributed by atoms with Crippen molar-refractivity contribution < 1.29 is 8.42 Å². The maximum atomic E-state index is 11.5. The Kier molecular flexibility index (Phi) is 4.69. The smallest absolute Gasteiger partial charge is 0.211 e. The predicted octanol–water partition coefficient (Wildman–Crippen LogP) is -0.207. The average Bonchev–Trinajstić information content (AvgIpc) is 2.38. The van der Waals surface area contributed by atoms with Crippen molar-refractivity contribution in [2.75, 3.05) is 32.4 Å². The lowest BCUT2D eigenvalue weighted by molar-refractivity contribution is 0.182. The van der Waals surface area contributed by atoms with Crippen molar-refractivity contribution in [1.29, 1.82) is 0 Å². The van der Waals surface area contributed by atoms with Gasteiger partial charge in [-0.2, -0.15) is 4.31 Å². The average molecular weight is 314 g/mol. The number of hydrogen-bond donors (Lipinski definition) is 1. The number of nitrogens with zero attached hydrogens (tertiary/aromatic N) is 3. The second-order valence-corrected chi connectivity index (χ2v) is 7.24. The molecule has 2 heterocycles. The molecule has 6 nitrogen and oxygen atoms in total. The number of aromatic nitrogens is 1. The molecule has 0 radical (unpaired) electrons. The Labute approximate surface area is 124 Å². The molecular weight excluding hydrogens is 296 g/mol. The van der Waals surface area contributed by atoms with E-state index in [1.165, 1.54) is 10.6 Å². The maximum absolute atomic E-state index is 11.5. The van der Waals surface area contributed by atoms with E-state index < -0.39 is 10.0 Å². The molecule has 1 fully saturated rings. The summed E-state index contributed by atoms with van der Waals surface area (Å²) in [5.74, 6) is 0. The fourth-order valence-electron chi connectivity index (χ4n) is 2.25. The van der Waals surface area contributed by atoms with Gasteiger partial charge in [0.05, 0.1) is 6.26 Å². The van der Waals surface area contributed by atoms with Gasteiger partial charge in [0.25, 0.3) is 0 Å². The first-order valence-corrected chi connectivity index (χ1v) is 8.55. The highest BCUT2D eigenvalue weighted by atomic mass is 32.2. The monoisotopic (exact) mass is 314 g/mol. The Morgan fingerprint density at radius 1 is 1.40 bits per heavy atom. The lowest BCUT2D eigenvalue weighted by atomic mass is 10.1. The van der Waals surface area contributed by atoms with Gasteiger partial charge in [-0.1, -0.05) is 18.3 Å². The van der Waals surface area contributed by atoms with E-state index in [1.54, 1.807) is 6.20 Å². The summed E-state index contributed by atoms with van der Waals surface area (Å²) in [4.78, 5) is 6.67. The second-order valence-electron chi connectivity index (χ2n) is 4.81. The van der Waals surface area contributed by atoms with Crippen molar-refractivity contribution in [3.05, 3.63) is 29.6 Å². The Bertz CT molecular complexity index is 595. The molecule has 0 unspecified atom stereocenters. The van der Waals surface area contributed by atoms with Crippen LogP contribution in [0.25, 0.3) is 0 Å². The minimum absolute atomic E-state index is 0.287. The third-order valence-corrected chi connectivity index (χ3v) is 4.82. The fraction of sp³-hybridized carbons (Fsp3) is 0.500. The molecule has 0 amide bonds. The molecular formula is C12H18N4O2S2. The van der Waals surface area contributed by atoms with Crippen LogP contribution in [0.1, 0.15) is 11.3 Å². The molecule has 1 saturated heterocycles. The number of hydrogen-bond acceptors (Lipinski definition) is 5. The minimum Gasteiger partial charge on any atom is -0.388 e. The number of piperazine rings is 1. The molecule has 0 bridgehead atoms. The zero-order valence-corrected chi connectivity index (χ0v) is 13.0. The van der Waals surface area contributed by atoms with Gasteiger partial charge >= 0.3 is 0 Å². The molecule has 20 heavy (non-hydrogen) atoms. The van der Waals surface area contributed by atoms with Crippen molar-refractivity contribution >= 4 is 27.2 Å². The van der Waals surface area contributed by atoms with E-state index in [2.05, 4.69) is 9.88 Å². The van der Waals surface area contributed by atoms with Crippen molar-refractivity contribution in [2.24, 2.45) is 5.73 Å². The number of thiocarbonyl (C=S) groups is 1. The summed E-state index contributed by atoms with van der Waals surface area (Å²) < 4.78 is 24.4. The Morgan fingerprint density at radius 3 is 2.60 bits per heavy atom. The number of sulfonamides is 1. The third kappa shape index (κ3) is 3.72. The minimum atomic E-state index is -3.09. The molecule has 110 valence electrons. The summed E-state index contributed by atoms with van der Waals surface area (Å²) in [5.41, 5.74) is 7.29. The van der Waals surface area contributed by atoms with Crippen LogP contribution in [0.5, 0.6) is 0 Å². The van der Waals surface area contributed by atoms with Crippen molar-refractivity contribution in [3.63, 3.8) is 0 Å². The van der Waals surface area contributed by atoms with Crippen LogP contribution in [0.3, 0.4) is 0 Å². The van der Waals surface area contributed by atoms with Gasteiger partial charge in [0, 0.05) is 38.9 Å². The van der Waals surface area contributed by atoms with Gasteiger partial charge in [-0.05, 0) is 11.6 Å². The molecule has 0 spiro atoms. The summed E-state index contributed by atoms with van der Waals surface area (Å²) in [6, 6.07) is 3.80. The summed E-state index contributed by atoms with van der Waals surface area (Å²) in [5, 5.41) is 0. The van der Waals surface area contributed by atoms with Gasteiger partial charge in [0.1, 0.15) is 10.7 Å². The number of pyridine rings is 1. The van der Waals surface area contributed by atoms with E-state index in [0.717, 1.165) is 5.56 Å². The normalized spacial score (nSPS) is 18.1. The van der Waals surface area contributed by atoms with Crippen molar-refractivity contribution in [2.45, 2.75) is 6.54 Å². The van der Waals surface area contributed by atoms with Crippen LogP contribution in [0.4, 0.5) is 0 Å². The predicted molar refractivity (Wildman–Crippen MR) is 81.8 cm³/mol. The largest absolute Gasteiger partial charge is 0.388 e. The van der Waals surface area contributed by atoms with E-state index >= 15 is 0 Å². The van der Waals surface area contributed by atoms with Crippen LogP contribution in [0.2, 0.25) is 0 Å². The van der Waals surface area contributed by atoms with E-state index in [1.807, 2.05) is 12.1 Å². The Balaban J connectivity index is 2.02. The second kappa shape index (κ2) is 6.13. The highest BCUT2D eigenvalue weighted by Crippen LogP contribution is 2.12. The molecule has 8 heteroatoms. The molecule has 1 aromatic rings. The van der Waals surface area contributed by atoms with Crippen LogP contribution in [-0.4, -0.2) is 60.0 Å². The summed E-state index contributed by atoms with van der Waals surface area (Å²) >= 11 is 4.99. The molecule has 1 aromatic heterocycles. The fourth-order valence-corrected chi connectivity index (χ4v) is 3.26. The van der Waals surface area contributed by atoms with E-state index in [-0.39, 0.29) is 4.99 Å². The maximum Gasteiger partial charge on any atom is 0.211 e. The summed E-state index contributed by atoms with van der Waals surface area (Å²) in [6.45, 7) is 3.10. The first-order chi connectivity index (χ1) is 9.38. The van der Waals surface area contributed by atoms with E-state index in [9.17, 15) is 8.42 Å². The number of nitrogens with two attached hydrogens (primary N) is 1. The Morgan fingerprint density at radius 2 is 2.05 bits per heavy atom. The van der Waals surface area contributed by atoms with Crippen LogP contribution in [-0.2, 0) is 16.6 Å². The van der Waals surface area contributed by atoms with E-state index in [4.69, 9.17) is 18.0 Å². The summed E-state index contributed by atoms with van der Waals surface area (Å²) in [6.07, 6.45) is 2.91. The first-order valence-electron chi connectivity index (χ1n) is 6.29. The molecule has 1 aliphatic heterocycles. The lowest BCUT2D eigenvalue weighted by Gasteiger charge is -2.33. The molecule has 2 N–H and O–H groups in total. The van der Waals surface area contributed by atoms with Crippen LogP contribution in [0.15, 0.2) is 18.3 Å². The molecule has 0 aliphatic carbocycles. The topological polar surface area (TPSA) is 79.5 Å².